The van der Waals surface area contributed by atoms with Gasteiger partial charge in [-0.1, -0.05) is 5.11 Å². The zero-order chi connectivity index (χ0) is 16.3. The van der Waals surface area contributed by atoms with E-state index in [1.807, 2.05) is 0 Å². The molecule has 1 aliphatic heterocycles. The van der Waals surface area contributed by atoms with Crippen molar-refractivity contribution in [3.63, 3.8) is 0 Å². The first kappa shape index (κ1) is 18.1. The molecule has 1 rings (SSSR count). The van der Waals surface area contributed by atoms with E-state index in [0.29, 0.717) is 0 Å². The first-order chi connectivity index (χ1) is 9.57. The minimum Gasteiger partial charge on any atom is -0.353 e. The second-order valence-electron chi connectivity index (χ2n) is 4.24. The van der Waals surface area contributed by atoms with Crippen LogP contribution in [0.4, 0.5) is 0 Å². The van der Waals surface area contributed by atoms with Crippen LogP contribution < -0.4 is 0 Å². The molecule has 0 aromatic heterocycles. The molecule has 0 bridgehead atoms. The molecule has 0 aliphatic carbocycles. The molecule has 0 N–H and O–H groups in total. The Labute approximate surface area is 122 Å². The van der Waals surface area contributed by atoms with Crippen molar-refractivity contribution in [2.75, 3.05) is 26.2 Å². The fraction of sp³-hybridized carbons (Fsp3) is 1.00. The Bertz CT molecular complexity index is 611. The summed E-state index contributed by atoms with van der Waals surface area (Å²) >= 11 is 0. The minimum atomic E-state index is -3.96. The summed E-state index contributed by atoms with van der Waals surface area (Å²) in [5.41, 5.74) is 8.48. The molecular formula is C8H15N3O8S2. The Balaban J connectivity index is 3.19. The second kappa shape index (κ2) is 6.87. The fourth-order valence-electron chi connectivity index (χ4n) is 1.75. The van der Waals surface area contributed by atoms with Crippen LogP contribution in [0.2, 0.25) is 0 Å². The van der Waals surface area contributed by atoms with Gasteiger partial charge in [0.05, 0.1) is 25.2 Å². The Morgan fingerprint density at radius 1 is 1.14 bits per heavy atom. The van der Waals surface area contributed by atoms with E-state index in [2.05, 4.69) is 10.0 Å². The summed E-state index contributed by atoms with van der Waals surface area (Å²) in [5.74, 6) is 0. The first-order valence-corrected chi connectivity index (χ1v) is 9.16. The van der Waals surface area contributed by atoms with Crippen LogP contribution in [0, 0.1) is 0 Å². The number of hydrogen-bond acceptors (Lipinski definition) is 9. The number of nitrogens with zero attached hydrogens (tertiary/aromatic N) is 3. The molecule has 4 atom stereocenters. The van der Waals surface area contributed by atoms with E-state index in [9.17, 15) is 16.8 Å². The molecule has 21 heavy (non-hydrogen) atoms. The van der Waals surface area contributed by atoms with Gasteiger partial charge in [-0.15, -0.1) is 0 Å². The lowest BCUT2D eigenvalue weighted by molar-refractivity contribution is -0.223. The lowest BCUT2D eigenvalue weighted by Crippen LogP contribution is -2.56. The van der Waals surface area contributed by atoms with E-state index in [4.69, 9.17) is 23.4 Å². The molecule has 0 spiro atoms. The van der Waals surface area contributed by atoms with Gasteiger partial charge in [0.2, 0.25) is 0 Å². The Kier molecular flexibility index (Phi) is 5.92. The lowest BCUT2D eigenvalue weighted by atomic mass is 10.0. The summed E-state index contributed by atoms with van der Waals surface area (Å²) in [6.07, 6.45) is -2.49. The molecule has 1 saturated heterocycles. The van der Waals surface area contributed by atoms with Crippen LogP contribution in [0.5, 0.6) is 0 Å². The van der Waals surface area contributed by atoms with Gasteiger partial charge < -0.3 is 9.47 Å². The van der Waals surface area contributed by atoms with E-state index in [1.165, 1.54) is 7.11 Å². The van der Waals surface area contributed by atoms with Gasteiger partial charge in [-0.3, -0.25) is 8.37 Å². The largest absolute Gasteiger partial charge is 0.353 e. The second-order valence-corrected chi connectivity index (χ2v) is 7.44. The van der Waals surface area contributed by atoms with E-state index in [1.54, 1.807) is 0 Å². The van der Waals surface area contributed by atoms with Gasteiger partial charge >= 0.3 is 0 Å². The summed E-state index contributed by atoms with van der Waals surface area (Å²) in [6, 6.07) is -1.09. The van der Waals surface area contributed by atoms with E-state index < -0.39 is 44.8 Å². The van der Waals surface area contributed by atoms with Gasteiger partial charge in [0.25, 0.3) is 20.2 Å². The minimum absolute atomic E-state index is 0.216. The molecule has 0 aromatic carbocycles. The average Bonchev–Trinajstić information content (AvgIpc) is 2.30. The van der Waals surface area contributed by atoms with E-state index in [-0.39, 0.29) is 6.61 Å². The van der Waals surface area contributed by atoms with Gasteiger partial charge in [0, 0.05) is 12.0 Å². The molecule has 0 saturated carbocycles. The zero-order valence-electron chi connectivity index (χ0n) is 11.4. The van der Waals surface area contributed by atoms with Crippen molar-refractivity contribution < 1.29 is 34.7 Å². The molecule has 1 heterocycles. The van der Waals surface area contributed by atoms with Crippen LogP contribution in [-0.4, -0.2) is 67.6 Å². The van der Waals surface area contributed by atoms with E-state index >= 15 is 0 Å². The van der Waals surface area contributed by atoms with Gasteiger partial charge in [0.1, 0.15) is 6.10 Å². The highest BCUT2D eigenvalue weighted by molar-refractivity contribution is 7.86. The molecule has 1 fully saturated rings. The van der Waals surface area contributed by atoms with Gasteiger partial charge in [-0.25, -0.2) is 0 Å². The third-order valence-corrected chi connectivity index (χ3v) is 3.55. The normalized spacial score (nSPS) is 30.6. The van der Waals surface area contributed by atoms with Crippen molar-refractivity contribution in [2.24, 2.45) is 5.11 Å². The van der Waals surface area contributed by atoms with Crippen LogP contribution >= 0.6 is 0 Å². The number of hydrogen-bond donors (Lipinski definition) is 0. The molecule has 0 aromatic rings. The third kappa shape index (κ3) is 5.74. The molecule has 13 heteroatoms. The molecule has 1 aliphatic rings. The van der Waals surface area contributed by atoms with Crippen molar-refractivity contribution in [1.82, 2.24) is 0 Å². The molecule has 11 nitrogen and oxygen atoms in total. The highest BCUT2D eigenvalue weighted by atomic mass is 32.2. The van der Waals surface area contributed by atoms with Crippen LogP contribution in [0.3, 0.4) is 0 Å². The highest BCUT2D eigenvalue weighted by Crippen LogP contribution is 2.26. The number of methoxy groups -OCH3 is 1. The van der Waals surface area contributed by atoms with Crippen molar-refractivity contribution >= 4 is 20.2 Å². The number of ether oxygens (including phenoxy) is 2. The van der Waals surface area contributed by atoms with Crippen molar-refractivity contribution in [3.05, 3.63) is 10.4 Å². The fourth-order valence-corrected chi connectivity index (χ4v) is 2.99. The predicted octanol–water partition coefficient (Wildman–Crippen LogP) is -0.642. The van der Waals surface area contributed by atoms with Gasteiger partial charge in [-0.2, -0.15) is 16.8 Å². The lowest BCUT2D eigenvalue weighted by Gasteiger charge is -2.38. The monoisotopic (exact) mass is 345 g/mol. The van der Waals surface area contributed by atoms with Crippen molar-refractivity contribution in [1.29, 1.82) is 0 Å². The smallest absolute Gasteiger partial charge is 0.264 e. The third-order valence-electron chi connectivity index (χ3n) is 2.41. The van der Waals surface area contributed by atoms with E-state index in [0.717, 1.165) is 12.5 Å². The van der Waals surface area contributed by atoms with Crippen LogP contribution in [0.15, 0.2) is 5.11 Å². The highest BCUT2D eigenvalue weighted by Gasteiger charge is 2.45. The first-order valence-electron chi connectivity index (χ1n) is 5.52. The van der Waals surface area contributed by atoms with Crippen LogP contribution in [0.25, 0.3) is 10.4 Å². The maximum Gasteiger partial charge on any atom is 0.264 e. The maximum absolute atomic E-state index is 11.3. The summed E-state index contributed by atoms with van der Waals surface area (Å²) in [6.45, 7) is -0.216. The quantitative estimate of drug-likeness (QED) is 0.266. The molecule has 122 valence electrons. The number of rotatable bonds is 6. The van der Waals surface area contributed by atoms with Crippen LogP contribution in [0.1, 0.15) is 0 Å². The Hall–Kier alpha value is -0.950. The van der Waals surface area contributed by atoms with Gasteiger partial charge in [0.15, 0.2) is 12.4 Å². The van der Waals surface area contributed by atoms with Crippen molar-refractivity contribution in [2.45, 2.75) is 24.5 Å². The summed E-state index contributed by atoms with van der Waals surface area (Å²) in [7, 11) is -6.71. The standard InChI is InChI=1S/C8H15N3O8S2/c1-16-8-7(19-21(3,14)15)6(18-20(2,12)13)5(4-17-8)10-11-9/h5-8H,4H2,1-3H3/t5-,6-,7+,8-/m0/s1. The molecule has 0 unspecified atom stereocenters. The number of azide groups is 1. The average molecular weight is 345 g/mol. The summed E-state index contributed by atoms with van der Waals surface area (Å²) < 4.78 is 64.8. The summed E-state index contributed by atoms with van der Waals surface area (Å²) in [5, 5.41) is 3.33. The molecule has 0 radical (unpaired) electrons. The SMILES string of the molecule is CO[C@H]1OC[C@H](N=[N+]=[N-])[C@H](OS(C)(=O)=O)[C@H]1OS(C)(=O)=O. The zero-order valence-corrected chi connectivity index (χ0v) is 13.1. The Morgan fingerprint density at radius 2 is 1.67 bits per heavy atom. The summed E-state index contributed by atoms with van der Waals surface area (Å²) in [4.78, 5) is 2.55. The van der Waals surface area contributed by atoms with Crippen LogP contribution in [-0.2, 0) is 38.1 Å². The molecule has 0 amide bonds. The van der Waals surface area contributed by atoms with Crippen molar-refractivity contribution in [3.8, 4) is 0 Å². The van der Waals surface area contributed by atoms with Gasteiger partial charge in [-0.05, 0) is 5.53 Å². The Morgan fingerprint density at radius 3 is 2.10 bits per heavy atom. The maximum atomic E-state index is 11.3. The predicted molar refractivity (Wildman–Crippen MR) is 69.1 cm³/mol. The topological polar surface area (TPSA) is 154 Å². The molecular weight excluding hydrogens is 330 g/mol.